The van der Waals surface area contributed by atoms with E-state index in [1.54, 1.807) is 7.11 Å². The van der Waals surface area contributed by atoms with Gasteiger partial charge >= 0.3 is 0 Å². The van der Waals surface area contributed by atoms with Crippen LogP contribution in [0.3, 0.4) is 0 Å². The zero-order chi connectivity index (χ0) is 13.8. The molecule has 5 heteroatoms. The number of nitrogens with zero attached hydrogens (tertiary/aromatic N) is 2. The van der Waals surface area contributed by atoms with E-state index in [9.17, 15) is 0 Å². The molecule has 1 saturated carbocycles. The van der Waals surface area contributed by atoms with Crippen LogP contribution in [0.5, 0.6) is 0 Å². The zero-order valence-electron chi connectivity index (χ0n) is 12.1. The summed E-state index contributed by atoms with van der Waals surface area (Å²) >= 11 is 0. The molecule has 1 fully saturated rings. The van der Waals surface area contributed by atoms with Crippen LogP contribution in [0.4, 0.5) is 0 Å². The summed E-state index contributed by atoms with van der Waals surface area (Å²) in [7, 11) is 1.68. The Balaban J connectivity index is 2.00. The minimum Gasteiger partial charge on any atom is -0.373 e. The Kier molecular flexibility index (Phi) is 4.93. The molecule has 2 rings (SSSR count). The summed E-state index contributed by atoms with van der Waals surface area (Å²) in [5.41, 5.74) is 6.15. The van der Waals surface area contributed by atoms with Crippen LogP contribution in [0.1, 0.15) is 57.3 Å². The molecule has 1 aromatic rings. The molecule has 1 aliphatic rings. The zero-order valence-corrected chi connectivity index (χ0v) is 12.1. The molecule has 2 N–H and O–H groups in total. The van der Waals surface area contributed by atoms with Crippen LogP contribution in [0.25, 0.3) is 0 Å². The van der Waals surface area contributed by atoms with Crippen molar-refractivity contribution >= 4 is 0 Å². The number of ether oxygens (including phenoxy) is 1. The van der Waals surface area contributed by atoms with E-state index in [-0.39, 0.29) is 12.1 Å². The fraction of sp³-hybridized carbons (Fsp3) is 0.857. The predicted molar refractivity (Wildman–Crippen MR) is 72.5 cm³/mol. The molecule has 0 spiro atoms. The molecule has 0 saturated heterocycles. The van der Waals surface area contributed by atoms with Crippen LogP contribution in [-0.2, 0) is 11.2 Å². The number of hydrogen-bond donors (Lipinski definition) is 1. The van der Waals surface area contributed by atoms with Gasteiger partial charge in [0.15, 0.2) is 0 Å². The standard InChI is InChI=1S/C14H25N3O2/c1-9(2)13(18-3)14-16-12(19-17-14)8-10-6-4-5-7-11(10)15/h9-11,13H,4-8,15H2,1-3H3. The Labute approximate surface area is 114 Å². The Morgan fingerprint density at radius 1 is 1.37 bits per heavy atom. The highest BCUT2D eigenvalue weighted by atomic mass is 16.5. The van der Waals surface area contributed by atoms with E-state index in [1.165, 1.54) is 12.8 Å². The first-order valence-electron chi connectivity index (χ1n) is 7.22. The fourth-order valence-electron chi connectivity index (χ4n) is 2.86. The normalized spacial score (nSPS) is 25.7. The van der Waals surface area contributed by atoms with Crippen molar-refractivity contribution in [2.45, 2.75) is 58.1 Å². The second-order valence-electron chi connectivity index (χ2n) is 5.86. The maximum Gasteiger partial charge on any atom is 0.227 e. The van der Waals surface area contributed by atoms with Gasteiger partial charge < -0.3 is 15.0 Å². The molecule has 19 heavy (non-hydrogen) atoms. The third-order valence-electron chi connectivity index (χ3n) is 4.00. The van der Waals surface area contributed by atoms with Gasteiger partial charge in [0.25, 0.3) is 0 Å². The van der Waals surface area contributed by atoms with E-state index in [0.717, 1.165) is 19.3 Å². The minimum atomic E-state index is -0.0995. The quantitative estimate of drug-likeness (QED) is 0.887. The molecule has 1 aliphatic carbocycles. The van der Waals surface area contributed by atoms with Gasteiger partial charge in [-0.25, -0.2) is 0 Å². The summed E-state index contributed by atoms with van der Waals surface area (Å²) in [4.78, 5) is 4.47. The van der Waals surface area contributed by atoms with Crippen LogP contribution in [0.15, 0.2) is 4.52 Å². The lowest BCUT2D eigenvalue weighted by atomic mass is 9.83. The number of rotatable bonds is 5. The van der Waals surface area contributed by atoms with Crippen LogP contribution < -0.4 is 5.73 Å². The number of hydrogen-bond acceptors (Lipinski definition) is 5. The molecule has 0 amide bonds. The van der Waals surface area contributed by atoms with E-state index in [2.05, 4.69) is 24.0 Å². The lowest BCUT2D eigenvalue weighted by Gasteiger charge is -2.27. The SMILES string of the molecule is COC(c1noc(CC2CCCCC2N)n1)C(C)C. The van der Waals surface area contributed by atoms with Gasteiger partial charge in [0, 0.05) is 19.6 Å². The lowest BCUT2D eigenvalue weighted by molar-refractivity contribution is 0.0555. The molecule has 3 atom stereocenters. The maximum atomic E-state index is 6.15. The van der Waals surface area contributed by atoms with Crippen LogP contribution in [0, 0.1) is 11.8 Å². The van der Waals surface area contributed by atoms with Crippen molar-refractivity contribution in [1.29, 1.82) is 0 Å². The van der Waals surface area contributed by atoms with Gasteiger partial charge in [0.05, 0.1) is 0 Å². The molecule has 108 valence electrons. The van der Waals surface area contributed by atoms with Gasteiger partial charge in [-0.15, -0.1) is 0 Å². The maximum absolute atomic E-state index is 6.15. The van der Waals surface area contributed by atoms with Crippen molar-refractivity contribution in [3.8, 4) is 0 Å². The first-order chi connectivity index (χ1) is 9.11. The summed E-state index contributed by atoms with van der Waals surface area (Å²) in [6.45, 7) is 4.17. The first kappa shape index (κ1) is 14.5. The van der Waals surface area contributed by atoms with E-state index < -0.39 is 0 Å². The smallest absolute Gasteiger partial charge is 0.227 e. The van der Waals surface area contributed by atoms with Crippen LogP contribution in [-0.4, -0.2) is 23.3 Å². The topological polar surface area (TPSA) is 74.2 Å². The third-order valence-corrected chi connectivity index (χ3v) is 4.00. The van der Waals surface area contributed by atoms with Gasteiger partial charge in [0.1, 0.15) is 6.10 Å². The summed E-state index contributed by atoms with van der Waals surface area (Å²) in [5, 5.41) is 4.05. The Hall–Kier alpha value is -0.940. The number of methoxy groups -OCH3 is 1. The number of nitrogens with two attached hydrogens (primary N) is 1. The van der Waals surface area contributed by atoms with Gasteiger partial charge in [-0.1, -0.05) is 31.8 Å². The minimum absolute atomic E-state index is 0.0995. The van der Waals surface area contributed by atoms with Crippen LogP contribution >= 0.6 is 0 Å². The predicted octanol–water partition coefficient (Wildman–Crippen LogP) is 2.47. The molecule has 0 bridgehead atoms. The van der Waals surface area contributed by atoms with E-state index >= 15 is 0 Å². The highest BCUT2D eigenvalue weighted by Crippen LogP contribution is 2.27. The van der Waals surface area contributed by atoms with Crippen molar-refractivity contribution in [3.63, 3.8) is 0 Å². The highest BCUT2D eigenvalue weighted by molar-refractivity contribution is 4.95. The number of aromatic nitrogens is 2. The molecule has 0 aliphatic heterocycles. The monoisotopic (exact) mass is 267 g/mol. The Morgan fingerprint density at radius 2 is 2.11 bits per heavy atom. The molecule has 5 nitrogen and oxygen atoms in total. The van der Waals surface area contributed by atoms with Gasteiger partial charge in [-0.05, 0) is 24.7 Å². The van der Waals surface area contributed by atoms with Crippen molar-refractivity contribution in [3.05, 3.63) is 11.7 Å². The molecular weight excluding hydrogens is 242 g/mol. The summed E-state index contributed by atoms with van der Waals surface area (Å²) in [5.74, 6) is 2.14. The fourth-order valence-corrected chi connectivity index (χ4v) is 2.86. The van der Waals surface area contributed by atoms with Crippen LogP contribution in [0.2, 0.25) is 0 Å². The van der Waals surface area contributed by atoms with E-state index in [1.807, 2.05) is 0 Å². The largest absolute Gasteiger partial charge is 0.373 e. The molecule has 3 unspecified atom stereocenters. The average molecular weight is 267 g/mol. The second kappa shape index (κ2) is 6.48. The van der Waals surface area contributed by atoms with Crippen molar-refractivity contribution < 1.29 is 9.26 Å². The first-order valence-corrected chi connectivity index (χ1v) is 7.22. The molecular formula is C14H25N3O2. The van der Waals surface area contributed by atoms with E-state index in [4.69, 9.17) is 15.0 Å². The Bertz CT molecular complexity index is 392. The molecule has 1 heterocycles. The summed E-state index contributed by atoms with van der Waals surface area (Å²) < 4.78 is 10.8. The van der Waals surface area contributed by atoms with Crippen molar-refractivity contribution in [1.82, 2.24) is 10.1 Å². The molecule has 0 aromatic carbocycles. The van der Waals surface area contributed by atoms with Crippen molar-refractivity contribution in [2.24, 2.45) is 17.6 Å². The van der Waals surface area contributed by atoms with Crippen molar-refractivity contribution in [2.75, 3.05) is 7.11 Å². The molecule has 1 aromatic heterocycles. The Morgan fingerprint density at radius 3 is 2.74 bits per heavy atom. The second-order valence-corrected chi connectivity index (χ2v) is 5.86. The highest BCUT2D eigenvalue weighted by Gasteiger charge is 2.26. The molecule has 0 radical (unpaired) electrons. The van der Waals surface area contributed by atoms with Gasteiger partial charge in [0.2, 0.25) is 11.7 Å². The summed E-state index contributed by atoms with van der Waals surface area (Å²) in [6.07, 6.45) is 5.47. The average Bonchev–Trinajstić information content (AvgIpc) is 2.81. The van der Waals surface area contributed by atoms with Gasteiger partial charge in [-0.3, -0.25) is 0 Å². The summed E-state index contributed by atoms with van der Waals surface area (Å²) in [6, 6.07) is 0.271. The van der Waals surface area contributed by atoms with Gasteiger partial charge in [-0.2, -0.15) is 4.98 Å². The lowest BCUT2D eigenvalue weighted by Crippen LogP contribution is -2.34. The third kappa shape index (κ3) is 3.54. The van der Waals surface area contributed by atoms with E-state index in [0.29, 0.717) is 23.6 Å².